The maximum Gasteiger partial charge on any atom is 0.339 e. The molecule has 0 bridgehead atoms. The Morgan fingerprint density at radius 3 is 2.56 bits per heavy atom. The zero-order valence-corrected chi connectivity index (χ0v) is 10.3. The third-order valence-corrected chi connectivity index (χ3v) is 3.28. The average Bonchev–Trinajstić information content (AvgIpc) is 2.79. The van der Waals surface area contributed by atoms with Crippen LogP contribution in [0.3, 0.4) is 0 Å². The van der Waals surface area contributed by atoms with E-state index in [9.17, 15) is 9.90 Å². The van der Waals surface area contributed by atoms with Crippen LogP contribution in [0.2, 0.25) is 0 Å². The van der Waals surface area contributed by atoms with E-state index in [0.29, 0.717) is 25.6 Å². The molecule has 1 aliphatic carbocycles. The van der Waals surface area contributed by atoms with Crippen LogP contribution < -0.4 is 5.32 Å². The van der Waals surface area contributed by atoms with Gasteiger partial charge in [0.15, 0.2) is 5.60 Å². The highest BCUT2D eigenvalue weighted by Gasteiger charge is 2.36. The number of nitrogens with one attached hydrogen (secondary N) is 1. The van der Waals surface area contributed by atoms with Crippen molar-refractivity contribution in [1.29, 1.82) is 0 Å². The van der Waals surface area contributed by atoms with Gasteiger partial charge >= 0.3 is 5.97 Å². The van der Waals surface area contributed by atoms with Crippen molar-refractivity contribution >= 4 is 5.97 Å². The SMILES string of the molecule is CCOC(=O)C(O)(CC)CNC1CCCC1. The van der Waals surface area contributed by atoms with Crippen LogP contribution in [0, 0.1) is 0 Å². The molecule has 1 fully saturated rings. The third kappa shape index (κ3) is 3.46. The molecule has 0 aromatic heterocycles. The molecule has 4 nitrogen and oxygen atoms in total. The Morgan fingerprint density at radius 2 is 2.06 bits per heavy atom. The van der Waals surface area contributed by atoms with Gasteiger partial charge in [-0.25, -0.2) is 4.79 Å². The molecule has 1 saturated carbocycles. The molecule has 0 radical (unpaired) electrons. The first kappa shape index (κ1) is 13.5. The van der Waals surface area contributed by atoms with Crippen LogP contribution in [0.15, 0.2) is 0 Å². The second-order valence-corrected chi connectivity index (χ2v) is 4.47. The summed E-state index contributed by atoms with van der Waals surface area (Å²) in [4.78, 5) is 11.6. The van der Waals surface area contributed by atoms with Gasteiger partial charge in [-0.05, 0) is 26.2 Å². The maximum absolute atomic E-state index is 11.6. The van der Waals surface area contributed by atoms with Gasteiger partial charge in [0.25, 0.3) is 0 Å². The smallest absolute Gasteiger partial charge is 0.339 e. The molecule has 0 aliphatic heterocycles. The molecular weight excluding hydrogens is 206 g/mol. The lowest BCUT2D eigenvalue weighted by atomic mass is 10.0. The fraction of sp³-hybridized carbons (Fsp3) is 0.917. The Hall–Kier alpha value is -0.610. The van der Waals surface area contributed by atoms with E-state index in [4.69, 9.17) is 4.74 Å². The lowest BCUT2D eigenvalue weighted by Crippen LogP contribution is -2.50. The fourth-order valence-corrected chi connectivity index (χ4v) is 2.05. The van der Waals surface area contributed by atoms with Crippen LogP contribution in [0.4, 0.5) is 0 Å². The predicted octanol–water partition coefficient (Wildman–Crippen LogP) is 1.22. The molecule has 94 valence electrons. The fourth-order valence-electron chi connectivity index (χ4n) is 2.05. The van der Waals surface area contributed by atoms with Gasteiger partial charge < -0.3 is 15.2 Å². The Bertz CT molecular complexity index is 226. The monoisotopic (exact) mass is 229 g/mol. The summed E-state index contributed by atoms with van der Waals surface area (Å²) in [5.74, 6) is -0.511. The van der Waals surface area contributed by atoms with Gasteiger partial charge in [-0.3, -0.25) is 0 Å². The Kier molecular flexibility index (Phi) is 5.22. The van der Waals surface area contributed by atoms with Crippen LogP contribution >= 0.6 is 0 Å². The summed E-state index contributed by atoms with van der Waals surface area (Å²) in [5, 5.41) is 13.4. The molecule has 16 heavy (non-hydrogen) atoms. The third-order valence-electron chi connectivity index (χ3n) is 3.28. The standard InChI is InChI=1S/C12H23NO3/c1-3-12(15,11(14)16-4-2)9-13-10-7-5-6-8-10/h10,13,15H,3-9H2,1-2H3. The minimum Gasteiger partial charge on any atom is -0.464 e. The van der Waals surface area contributed by atoms with Crippen molar-refractivity contribution in [3.05, 3.63) is 0 Å². The minimum atomic E-state index is -1.36. The van der Waals surface area contributed by atoms with Crippen LogP contribution in [-0.4, -0.2) is 35.9 Å². The van der Waals surface area contributed by atoms with E-state index in [1.165, 1.54) is 12.8 Å². The van der Waals surface area contributed by atoms with Gasteiger partial charge in [0.05, 0.1) is 6.61 Å². The van der Waals surface area contributed by atoms with Crippen molar-refractivity contribution in [2.45, 2.75) is 57.6 Å². The van der Waals surface area contributed by atoms with Crippen LogP contribution in [-0.2, 0) is 9.53 Å². The normalized spacial score (nSPS) is 20.7. The summed E-state index contributed by atoms with van der Waals surface area (Å²) in [6.07, 6.45) is 5.14. The highest BCUT2D eigenvalue weighted by atomic mass is 16.5. The van der Waals surface area contributed by atoms with Gasteiger partial charge in [-0.2, -0.15) is 0 Å². The lowest BCUT2D eigenvalue weighted by Gasteiger charge is -2.26. The number of carbonyl (C=O) groups excluding carboxylic acids is 1. The number of ether oxygens (including phenoxy) is 1. The number of hydrogen-bond donors (Lipinski definition) is 2. The quantitative estimate of drug-likeness (QED) is 0.672. The zero-order valence-electron chi connectivity index (χ0n) is 10.3. The van der Waals surface area contributed by atoms with E-state index in [1.807, 2.05) is 0 Å². The van der Waals surface area contributed by atoms with E-state index < -0.39 is 11.6 Å². The van der Waals surface area contributed by atoms with Gasteiger partial charge in [-0.15, -0.1) is 0 Å². The molecule has 2 N–H and O–H groups in total. The highest BCUT2D eigenvalue weighted by molar-refractivity contribution is 5.79. The molecule has 0 saturated heterocycles. The summed E-state index contributed by atoms with van der Waals surface area (Å²) < 4.78 is 4.88. The number of rotatable bonds is 6. The molecule has 0 spiro atoms. The van der Waals surface area contributed by atoms with Crippen molar-refractivity contribution in [3.63, 3.8) is 0 Å². The zero-order chi connectivity index (χ0) is 12.0. The summed E-state index contributed by atoms with van der Waals surface area (Å²) in [5.41, 5.74) is -1.36. The maximum atomic E-state index is 11.6. The Balaban J connectivity index is 2.41. The number of aliphatic hydroxyl groups is 1. The summed E-state index contributed by atoms with van der Waals surface area (Å²) in [6.45, 7) is 4.16. The molecule has 1 unspecified atom stereocenters. The number of hydrogen-bond acceptors (Lipinski definition) is 4. The second-order valence-electron chi connectivity index (χ2n) is 4.47. The molecule has 0 heterocycles. The second kappa shape index (κ2) is 6.21. The first-order chi connectivity index (χ1) is 7.62. The van der Waals surface area contributed by atoms with Gasteiger partial charge in [-0.1, -0.05) is 19.8 Å². The Morgan fingerprint density at radius 1 is 1.44 bits per heavy atom. The lowest BCUT2D eigenvalue weighted by molar-refractivity contribution is -0.165. The molecule has 1 atom stereocenters. The van der Waals surface area contributed by atoms with E-state index in [0.717, 1.165) is 12.8 Å². The first-order valence-corrected chi connectivity index (χ1v) is 6.25. The van der Waals surface area contributed by atoms with Crippen LogP contribution in [0.25, 0.3) is 0 Å². The molecule has 1 rings (SSSR count). The predicted molar refractivity (Wildman–Crippen MR) is 62.1 cm³/mol. The van der Waals surface area contributed by atoms with E-state index >= 15 is 0 Å². The van der Waals surface area contributed by atoms with Gasteiger partial charge in [0, 0.05) is 12.6 Å². The summed E-state index contributed by atoms with van der Waals surface area (Å²) in [6, 6.07) is 0.451. The highest BCUT2D eigenvalue weighted by Crippen LogP contribution is 2.19. The van der Waals surface area contributed by atoms with Crippen LogP contribution in [0.5, 0.6) is 0 Å². The molecular formula is C12H23NO3. The molecule has 0 aromatic carbocycles. The van der Waals surface area contributed by atoms with E-state index in [-0.39, 0.29) is 0 Å². The van der Waals surface area contributed by atoms with Gasteiger partial charge in [0.2, 0.25) is 0 Å². The molecule has 1 aliphatic rings. The van der Waals surface area contributed by atoms with Crippen molar-refractivity contribution in [3.8, 4) is 0 Å². The molecule has 0 amide bonds. The van der Waals surface area contributed by atoms with Gasteiger partial charge in [0.1, 0.15) is 0 Å². The van der Waals surface area contributed by atoms with E-state index in [1.54, 1.807) is 13.8 Å². The van der Waals surface area contributed by atoms with Crippen molar-refractivity contribution in [2.24, 2.45) is 0 Å². The van der Waals surface area contributed by atoms with E-state index in [2.05, 4.69) is 5.32 Å². The summed E-state index contributed by atoms with van der Waals surface area (Å²) in [7, 11) is 0. The molecule has 0 aromatic rings. The largest absolute Gasteiger partial charge is 0.464 e. The summed E-state index contributed by atoms with van der Waals surface area (Å²) >= 11 is 0. The average molecular weight is 229 g/mol. The Labute approximate surface area is 97.4 Å². The topological polar surface area (TPSA) is 58.6 Å². The van der Waals surface area contributed by atoms with Crippen molar-refractivity contribution in [2.75, 3.05) is 13.2 Å². The first-order valence-electron chi connectivity index (χ1n) is 6.25. The number of carbonyl (C=O) groups is 1. The van der Waals surface area contributed by atoms with Crippen molar-refractivity contribution < 1.29 is 14.6 Å². The van der Waals surface area contributed by atoms with Crippen LogP contribution in [0.1, 0.15) is 46.0 Å². The molecule has 4 heteroatoms. The minimum absolute atomic E-state index is 0.299. The van der Waals surface area contributed by atoms with Crippen molar-refractivity contribution in [1.82, 2.24) is 5.32 Å². The number of esters is 1.